The molecule has 0 aliphatic rings. The van der Waals surface area contributed by atoms with Crippen LogP contribution in [0.4, 0.5) is 0 Å². The van der Waals surface area contributed by atoms with Crippen LogP contribution in [-0.2, 0) is 10.2 Å². The van der Waals surface area contributed by atoms with E-state index in [-0.39, 0.29) is 17.4 Å². The fourth-order valence-corrected chi connectivity index (χ4v) is 2.86. The van der Waals surface area contributed by atoms with E-state index >= 15 is 0 Å². The van der Waals surface area contributed by atoms with Crippen LogP contribution in [-0.4, -0.2) is 12.0 Å². The Bertz CT molecular complexity index is 757. The maximum absolute atomic E-state index is 12.5. The Kier molecular flexibility index (Phi) is 6.12. The van der Waals surface area contributed by atoms with Crippen LogP contribution in [0, 0.1) is 13.8 Å². The van der Waals surface area contributed by atoms with Crippen LogP contribution in [0.5, 0.6) is 5.75 Å². The second-order valence-electron chi connectivity index (χ2n) is 8.13. The third-order valence-electron chi connectivity index (χ3n) is 4.64. The predicted molar refractivity (Wildman–Crippen MR) is 108 cm³/mol. The number of rotatable bonds is 5. The first-order valence-corrected chi connectivity index (χ1v) is 9.22. The van der Waals surface area contributed by atoms with E-state index < -0.39 is 6.10 Å². The summed E-state index contributed by atoms with van der Waals surface area (Å²) in [5.41, 5.74) is 4.71. The lowest BCUT2D eigenvalue weighted by atomic mass is 9.86. The van der Waals surface area contributed by atoms with E-state index in [0.29, 0.717) is 0 Å². The van der Waals surface area contributed by atoms with Gasteiger partial charge in [-0.2, -0.15) is 0 Å². The molecular weight excluding hydrogens is 322 g/mol. The first-order valence-electron chi connectivity index (χ1n) is 9.22. The van der Waals surface area contributed by atoms with Crippen LogP contribution in [0.15, 0.2) is 42.5 Å². The lowest BCUT2D eigenvalue weighted by Gasteiger charge is -2.22. The average molecular weight is 354 g/mol. The Morgan fingerprint density at radius 2 is 1.62 bits per heavy atom. The molecule has 2 aromatic carbocycles. The zero-order valence-corrected chi connectivity index (χ0v) is 17.0. The number of hydrogen-bond acceptors (Lipinski definition) is 2. The first-order chi connectivity index (χ1) is 12.1. The Morgan fingerprint density at radius 1 is 1.00 bits per heavy atom. The molecule has 0 saturated heterocycles. The highest BCUT2D eigenvalue weighted by atomic mass is 16.5. The molecule has 26 heavy (non-hydrogen) atoms. The van der Waals surface area contributed by atoms with Gasteiger partial charge in [0.2, 0.25) is 0 Å². The lowest BCUT2D eigenvalue weighted by molar-refractivity contribution is -0.127. The Hall–Kier alpha value is -2.29. The molecule has 0 bridgehead atoms. The van der Waals surface area contributed by atoms with Gasteiger partial charge < -0.3 is 10.1 Å². The molecule has 140 valence electrons. The second-order valence-corrected chi connectivity index (χ2v) is 8.13. The molecular formula is C23H31NO2. The minimum Gasteiger partial charge on any atom is -0.481 e. The Balaban J connectivity index is 1.99. The zero-order valence-electron chi connectivity index (χ0n) is 17.0. The van der Waals surface area contributed by atoms with Crippen molar-refractivity contribution in [2.24, 2.45) is 0 Å². The number of hydrogen-bond donors (Lipinski definition) is 1. The van der Waals surface area contributed by atoms with Crippen molar-refractivity contribution in [3.63, 3.8) is 0 Å². The van der Waals surface area contributed by atoms with Crippen molar-refractivity contribution < 1.29 is 9.53 Å². The number of ether oxygens (including phenoxy) is 1. The molecule has 2 aromatic rings. The van der Waals surface area contributed by atoms with E-state index in [1.807, 2.05) is 32.9 Å². The molecule has 0 heterocycles. The van der Waals surface area contributed by atoms with Crippen molar-refractivity contribution in [1.29, 1.82) is 0 Å². The highest BCUT2D eigenvalue weighted by Crippen LogP contribution is 2.24. The highest BCUT2D eigenvalue weighted by molar-refractivity contribution is 5.81. The van der Waals surface area contributed by atoms with Gasteiger partial charge in [-0.25, -0.2) is 0 Å². The van der Waals surface area contributed by atoms with E-state index in [4.69, 9.17) is 4.74 Å². The maximum atomic E-state index is 12.5. The third kappa shape index (κ3) is 5.10. The molecule has 0 unspecified atom stereocenters. The largest absolute Gasteiger partial charge is 0.481 e. The summed E-state index contributed by atoms with van der Waals surface area (Å²) in [5.74, 6) is 0.637. The fraction of sp³-hybridized carbons (Fsp3) is 0.435. The number of benzene rings is 2. The number of carbonyl (C=O) groups is 1. The van der Waals surface area contributed by atoms with Gasteiger partial charge in [-0.15, -0.1) is 0 Å². The number of nitrogens with one attached hydrogen (secondary N) is 1. The van der Waals surface area contributed by atoms with Crippen LogP contribution >= 0.6 is 0 Å². The fourth-order valence-electron chi connectivity index (χ4n) is 2.86. The molecule has 2 rings (SSSR count). The summed E-state index contributed by atoms with van der Waals surface area (Å²) in [7, 11) is 0. The van der Waals surface area contributed by atoms with Gasteiger partial charge in [0.15, 0.2) is 6.10 Å². The van der Waals surface area contributed by atoms with Gasteiger partial charge in [0.05, 0.1) is 6.04 Å². The van der Waals surface area contributed by atoms with Gasteiger partial charge in [0, 0.05) is 0 Å². The molecule has 3 nitrogen and oxygen atoms in total. The SMILES string of the molecule is Cc1ccc(O[C@@H](C)C(=O)N[C@H](C)c2ccc(C(C)(C)C)cc2)c(C)c1. The van der Waals surface area contributed by atoms with Gasteiger partial charge >= 0.3 is 0 Å². The molecule has 0 saturated carbocycles. The summed E-state index contributed by atoms with van der Waals surface area (Å²) in [5, 5.41) is 3.04. The summed E-state index contributed by atoms with van der Waals surface area (Å²) in [4.78, 5) is 12.5. The van der Waals surface area contributed by atoms with Gasteiger partial charge in [-0.3, -0.25) is 4.79 Å². The van der Waals surface area contributed by atoms with Crippen LogP contribution in [0.25, 0.3) is 0 Å². The Morgan fingerprint density at radius 3 is 2.15 bits per heavy atom. The van der Waals surface area contributed by atoms with Crippen molar-refractivity contribution >= 4 is 5.91 Å². The van der Waals surface area contributed by atoms with E-state index in [1.54, 1.807) is 6.92 Å². The normalized spacial score (nSPS) is 13.8. The maximum Gasteiger partial charge on any atom is 0.261 e. The topological polar surface area (TPSA) is 38.3 Å². The minimum atomic E-state index is -0.548. The highest BCUT2D eigenvalue weighted by Gasteiger charge is 2.19. The Labute approximate surface area is 157 Å². The standard InChI is InChI=1S/C23H31NO2/c1-15-8-13-21(16(2)14-15)26-18(4)22(25)24-17(3)19-9-11-20(12-10-19)23(5,6)7/h8-14,17-18H,1-7H3,(H,24,25)/t17-,18+/m1/s1. The quantitative estimate of drug-likeness (QED) is 0.798. The first kappa shape index (κ1) is 20.0. The number of amides is 1. The number of carbonyl (C=O) groups excluding carboxylic acids is 1. The van der Waals surface area contributed by atoms with Crippen LogP contribution in [0.1, 0.15) is 62.9 Å². The van der Waals surface area contributed by atoms with E-state index in [1.165, 1.54) is 11.1 Å². The van der Waals surface area contributed by atoms with Crippen molar-refractivity contribution in [1.82, 2.24) is 5.32 Å². The van der Waals surface area contributed by atoms with E-state index in [0.717, 1.165) is 16.9 Å². The monoisotopic (exact) mass is 353 g/mol. The smallest absolute Gasteiger partial charge is 0.261 e. The van der Waals surface area contributed by atoms with Gasteiger partial charge in [-0.1, -0.05) is 62.7 Å². The van der Waals surface area contributed by atoms with E-state index in [9.17, 15) is 4.79 Å². The molecule has 0 aromatic heterocycles. The summed E-state index contributed by atoms with van der Waals surface area (Å²) in [6, 6.07) is 14.3. The van der Waals surface area contributed by atoms with Crippen LogP contribution in [0.2, 0.25) is 0 Å². The molecule has 0 spiro atoms. The number of aryl methyl sites for hydroxylation is 2. The van der Waals surface area contributed by atoms with Crippen molar-refractivity contribution in [3.05, 3.63) is 64.7 Å². The van der Waals surface area contributed by atoms with Gasteiger partial charge in [-0.05, 0) is 55.9 Å². The summed E-state index contributed by atoms with van der Waals surface area (Å²) in [6.07, 6.45) is -0.548. The van der Waals surface area contributed by atoms with Gasteiger partial charge in [0.25, 0.3) is 5.91 Å². The lowest BCUT2D eigenvalue weighted by Crippen LogP contribution is -2.37. The molecule has 0 fully saturated rings. The second kappa shape index (κ2) is 7.94. The van der Waals surface area contributed by atoms with Crippen molar-refractivity contribution in [2.45, 2.75) is 66.0 Å². The molecule has 0 aliphatic heterocycles. The van der Waals surface area contributed by atoms with Crippen LogP contribution in [0.3, 0.4) is 0 Å². The third-order valence-corrected chi connectivity index (χ3v) is 4.64. The predicted octanol–water partition coefficient (Wildman–Crippen LogP) is 5.25. The minimum absolute atomic E-state index is 0.0679. The van der Waals surface area contributed by atoms with Crippen molar-refractivity contribution in [2.75, 3.05) is 0 Å². The molecule has 0 aliphatic carbocycles. The van der Waals surface area contributed by atoms with Gasteiger partial charge in [0.1, 0.15) is 5.75 Å². The summed E-state index contributed by atoms with van der Waals surface area (Å²) in [6.45, 7) is 14.4. The average Bonchev–Trinajstić information content (AvgIpc) is 2.56. The zero-order chi connectivity index (χ0) is 19.5. The van der Waals surface area contributed by atoms with Crippen molar-refractivity contribution in [3.8, 4) is 5.75 Å². The summed E-state index contributed by atoms with van der Waals surface area (Å²) < 4.78 is 5.85. The molecule has 2 atom stereocenters. The summed E-state index contributed by atoms with van der Waals surface area (Å²) >= 11 is 0. The molecule has 1 amide bonds. The van der Waals surface area contributed by atoms with E-state index in [2.05, 4.69) is 56.4 Å². The van der Waals surface area contributed by atoms with Crippen LogP contribution < -0.4 is 10.1 Å². The molecule has 3 heteroatoms. The molecule has 1 N–H and O–H groups in total. The molecule has 0 radical (unpaired) electrons.